The first-order valence-electron chi connectivity index (χ1n) is 10.1. The zero-order valence-electron chi connectivity index (χ0n) is 17.5. The first-order valence-corrected chi connectivity index (χ1v) is 12.0. The predicted molar refractivity (Wildman–Crippen MR) is 117 cm³/mol. The lowest BCUT2D eigenvalue weighted by Gasteiger charge is -2.36. The summed E-state index contributed by atoms with van der Waals surface area (Å²) in [5, 5.41) is 2.68. The summed E-state index contributed by atoms with van der Waals surface area (Å²) in [7, 11) is -3.36. The number of hydrogen-bond donors (Lipinski definition) is 2. The highest BCUT2D eigenvalue weighted by atomic mass is 32.2. The van der Waals surface area contributed by atoms with Crippen LogP contribution < -0.4 is 10.0 Å². The van der Waals surface area contributed by atoms with Gasteiger partial charge < -0.3 is 10.2 Å². The predicted octanol–water partition coefficient (Wildman–Crippen LogP) is 2.93. The molecule has 0 saturated carbocycles. The number of carbonyl (C=O) groups is 2. The molecule has 3 rings (SSSR count). The number of likely N-dealkylation sites (tertiary alicyclic amines) is 1. The fourth-order valence-electron chi connectivity index (χ4n) is 3.62. The van der Waals surface area contributed by atoms with Crippen molar-refractivity contribution in [3.63, 3.8) is 0 Å². The van der Waals surface area contributed by atoms with Crippen molar-refractivity contribution in [2.75, 3.05) is 24.7 Å². The van der Waals surface area contributed by atoms with E-state index in [-0.39, 0.29) is 24.1 Å². The lowest BCUT2D eigenvalue weighted by atomic mass is 10.00. The second-order valence-electron chi connectivity index (χ2n) is 7.73. The Morgan fingerprint density at radius 2 is 1.90 bits per heavy atom. The molecule has 1 heterocycles. The van der Waals surface area contributed by atoms with Crippen molar-refractivity contribution in [2.45, 2.75) is 32.2 Å². The van der Waals surface area contributed by atoms with Crippen LogP contribution in [0.5, 0.6) is 0 Å². The van der Waals surface area contributed by atoms with E-state index in [0.29, 0.717) is 24.2 Å². The highest BCUT2D eigenvalue weighted by Crippen LogP contribution is 2.23. The van der Waals surface area contributed by atoms with E-state index in [2.05, 4.69) is 10.0 Å². The Balaban J connectivity index is 1.80. The van der Waals surface area contributed by atoms with Gasteiger partial charge in [-0.2, -0.15) is 0 Å². The maximum atomic E-state index is 13.9. The van der Waals surface area contributed by atoms with Gasteiger partial charge in [0.1, 0.15) is 5.82 Å². The average Bonchev–Trinajstić information content (AvgIpc) is 2.73. The van der Waals surface area contributed by atoms with Gasteiger partial charge in [0.2, 0.25) is 10.0 Å². The number of benzene rings is 2. The quantitative estimate of drug-likeness (QED) is 0.712. The molecule has 0 aliphatic carbocycles. The minimum atomic E-state index is -3.36. The first-order chi connectivity index (χ1) is 14.7. The zero-order chi connectivity index (χ0) is 22.6. The first kappa shape index (κ1) is 22.9. The van der Waals surface area contributed by atoms with Crippen molar-refractivity contribution < 1.29 is 22.4 Å². The molecule has 1 aliphatic rings. The van der Waals surface area contributed by atoms with Gasteiger partial charge in [-0.3, -0.25) is 9.59 Å². The maximum absolute atomic E-state index is 13.9. The average molecular weight is 448 g/mol. The van der Waals surface area contributed by atoms with Crippen LogP contribution in [-0.2, 0) is 10.0 Å². The zero-order valence-corrected chi connectivity index (χ0v) is 18.3. The molecule has 1 atom stereocenters. The number of anilines is 1. The van der Waals surface area contributed by atoms with E-state index in [1.54, 1.807) is 36.1 Å². The van der Waals surface area contributed by atoms with Crippen LogP contribution in [0.4, 0.5) is 10.1 Å². The molecule has 1 unspecified atom stereocenters. The van der Waals surface area contributed by atoms with Gasteiger partial charge in [-0.05, 0) is 56.0 Å². The van der Waals surface area contributed by atoms with Crippen LogP contribution in [0.2, 0.25) is 0 Å². The van der Waals surface area contributed by atoms with E-state index in [4.69, 9.17) is 0 Å². The number of sulfonamides is 1. The summed E-state index contributed by atoms with van der Waals surface area (Å²) >= 11 is 0. The molecular formula is C22H26FN3O4S. The van der Waals surface area contributed by atoms with Gasteiger partial charge >= 0.3 is 0 Å². The molecule has 0 bridgehead atoms. The van der Waals surface area contributed by atoms with Crippen molar-refractivity contribution in [2.24, 2.45) is 0 Å². The van der Waals surface area contributed by atoms with E-state index >= 15 is 0 Å². The van der Waals surface area contributed by atoms with Crippen LogP contribution in [0.15, 0.2) is 42.5 Å². The minimum Gasteiger partial charge on any atom is -0.334 e. The summed E-state index contributed by atoms with van der Waals surface area (Å²) in [6, 6.07) is 10.4. The molecule has 2 aromatic carbocycles. The minimum absolute atomic E-state index is 0.0819. The summed E-state index contributed by atoms with van der Waals surface area (Å²) in [5.74, 6) is -1.46. The van der Waals surface area contributed by atoms with E-state index in [9.17, 15) is 22.4 Å². The summed E-state index contributed by atoms with van der Waals surface area (Å²) in [6.45, 7) is 2.47. The van der Waals surface area contributed by atoms with Gasteiger partial charge in [0.15, 0.2) is 0 Å². The molecule has 0 radical (unpaired) electrons. The summed E-state index contributed by atoms with van der Waals surface area (Å²) in [6.07, 6.45) is 3.55. The topological polar surface area (TPSA) is 95.6 Å². The molecule has 7 nitrogen and oxygen atoms in total. The Bertz CT molecular complexity index is 1090. The van der Waals surface area contributed by atoms with E-state index < -0.39 is 21.7 Å². The van der Waals surface area contributed by atoms with Crippen LogP contribution in [0, 0.1) is 12.7 Å². The third-order valence-corrected chi connectivity index (χ3v) is 6.01. The molecule has 31 heavy (non-hydrogen) atoms. The summed E-state index contributed by atoms with van der Waals surface area (Å²) in [4.78, 5) is 27.3. The number of rotatable bonds is 6. The van der Waals surface area contributed by atoms with Crippen molar-refractivity contribution in [1.29, 1.82) is 0 Å². The molecule has 9 heteroatoms. The largest absolute Gasteiger partial charge is 0.334 e. The number of piperidine rings is 1. The molecule has 1 saturated heterocycles. The van der Waals surface area contributed by atoms with Gasteiger partial charge in [-0.15, -0.1) is 0 Å². The monoisotopic (exact) mass is 447 g/mol. The molecule has 1 fully saturated rings. The second-order valence-corrected chi connectivity index (χ2v) is 9.57. The van der Waals surface area contributed by atoms with E-state index in [0.717, 1.165) is 24.7 Å². The molecule has 2 aromatic rings. The van der Waals surface area contributed by atoms with Crippen LogP contribution >= 0.6 is 0 Å². The highest BCUT2D eigenvalue weighted by molar-refractivity contribution is 7.88. The number of halogens is 1. The van der Waals surface area contributed by atoms with Crippen LogP contribution in [0.3, 0.4) is 0 Å². The smallest absolute Gasteiger partial charge is 0.258 e. The normalized spacial score (nSPS) is 16.7. The molecule has 166 valence electrons. The van der Waals surface area contributed by atoms with Crippen molar-refractivity contribution in [1.82, 2.24) is 9.62 Å². The van der Waals surface area contributed by atoms with E-state index in [1.807, 2.05) is 0 Å². The SMILES string of the molecule is Cc1ccc(C(=O)N2CCCCC2CNS(C)(=O)=O)cc1NC(=O)c1ccccc1F. The number of nitrogens with one attached hydrogen (secondary N) is 2. The molecule has 0 spiro atoms. The maximum Gasteiger partial charge on any atom is 0.258 e. The van der Waals surface area contributed by atoms with Gasteiger partial charge in [0.25, 0.3) is 11.8 Å². The van der Waals surface area contributed by atoms with Gasteiger partial charge in [-0.25, -0.2) is 17.5 Å². The molecule has 0 aromatic heterocycles. The lowest BCUT2D eigenvalue weighted by molar-refractivity contribution is 0.0618. The van der Waals surface area contributed by atoms with Crippen molar-refractivity contribution in [3.05, 3.63) is 65.0 Å². The Morgan fingerprint density at radius 3 is 2.61 bits per heavy atom. The second kappa shape index (κ2) is 9.57. The number of hydrogen-bond acceptors (Lipinski definition) is 4. The van der Waals surface area contributed by atoms with Crippen LogP contribution in [-0.4, -0.2) is 50.5 Å². The fourth-order valence-corrected chi connectivity index (χ4v) is 4.11. The van der Waals surface area contributed by atoms with E-state index in [1.165, 1.54) is 18.2 Å². The summed E-state index contributed by atoms with van der Waals surface area (Å²) in [5.41, 5.74) is 1.44. The van der Waals surface area contributed by atoms with Gasteiger partial charge in [0, 0.05) is 30.4 Å². The molecule has 2 amide bonds. The Kier molecular flexibility index (Phi) is 7.07. The van der Waals surface area contributed by atoms with Crippen molar-refractivity contribution >= 4 is 27.5 Å². The Morgan fingerprint density at radius 1 is 1.16 bits per heavy atom. The van der Waals surface area contributed by atoms with Crippen LogP contribution in [0.1, 0.15) is 45.5 Å². The standard InChI is InChI=1S/C22H26FN3O4S/c1-15-10-11-16(13-20(15)25-21(27)18-8-3-4-9-19(18)23)22(28)26-12-6-5-7-17(26)14-24-31(2,29)30/h3-4,8-11,13,17,24H,5-7,12,14H2,1-2H3,(H,25,27). The third kappa shape index (κ3) is 5.89. The Labute approximate surface area is 181 Å². The van der Waals surface area contributed by atoms with Crippen LogP contribution in [0.25, 0.3) is 0 Å². The fraction of sp³-hybridized carbons (Fsp3) is 0.364. The lowest BCUT2D eigenvalue weighted by Crippen LogP contribution is -2.49. The number of carbonyl (C=O) groups excluding carboxylic acids is 2. The number of nitrogens with zero attached hydrogens (tertiary/aromatic N) is 1. The summed E-state index contributed by atoms with van der Waals surface area (Å²) < 4.78 is 39.3. The third-order valence-electron chi connectivity index (χ3n) is 5.32. The van der Waals surface area contributed by atoms with Gasteiger partial charge in [-0.1, -0.05) is 18.2 Å². The number of aryl methyl sites for hydroxylation is 1. The molecule has 2 N–H and O–H groups in total. The van der Waals surface area contributed by atoms with Gasteiger partial charge in [0.05, 0.1) is 11.8 Å². The number of amides is 2. The Hall–Kier alpha value is -2.78. The highest BCUT2D eigenvalue weighted by Gasteiger charge is 2.28. The molecule has 1 aliphatic heterocycles. The molecular weight excluding hydrogens is 421 g/mol. The van der Waals surface area contributed by atoms with Crippen molar-refractivity contribution in [3.8, 4) is 0 Å².